The minimum absolute atomic E-state index is 0.143. The number of carbonyl (C=O) groups is 1. The van der Waals surface area contributed by atoms with Gasteiger partial charge in [-0.1, -0.05) is 48.0 Å². The summed E-state index contributed by atoms with van der Waals surface area (Å²) in [5.41, 5.74) is 3.15. The van der Waals surface area contributed by atoms with E-state index in [-0.39, 0.29) is 12.1 Å². The topological polar surface area (TPSA) is 44.4 Å². The number of nitrogens with zero attached hydrogens (tertiary/aromatic N) is 1. The van der Waals surface area contributed by atoms with Crippen LogP contribution >= 0.6 is 0 Å². The molecule has 0 radical (unpaired) electrons. The van der Waals surface area contributed by atoms with Crippen molar-refractivity contribution in [1.29, 1.82) is 0 Å². The molecule has 0 saturated carbocycles. The van der Waals surface area contributed by atoms with Gasteiger partial charge in [0.25, 0.3) is 0 Å². The summed E-state index contributed by atoms with van der Waals surface area (Å²) in [5, 5.41) is 5.78. The van der Waals surface area contributed by atoms with E-state index in [4.69, 9.17) is 0 Å². The zero-order valence-corrected chi connectivity index (χ0v) is 13.3. The maximum atomic E-state index is 12.0. The number of rotatable bonds is 5. The maximum Gasteiger partial charge on any atom is 0.319 e. The van der Waals surface area contributed by atoms with E-state index >= 15 is 0 Å². The molecule has 0 spiro atoms. The van der Waals surface area contributed by atoms with Gasteiger partial charge in [0.1, 0.15) is 0 Å². The number of nitrogens with one attached hydrogen (secondary N) is 2. The molecule has 2 aromatic carbocycles. The van der Waals surface area contributed by atoms with Crippen LogP contribution in [-0.4, -0.2) is 31.6 Å². The summed E-state index contributed by atoms with van der Waals surface area (Å²) in [5.74, 6) is 0. The fourth-order valence-corrected chi connectivity index (χ4v) is 2.28. The molecule has 2 aromatic rings. The van der Waals surface area contributed by atoms with Crippen molar-refractivity contribution in [2.24, 2.45) is 0 Å². The lowest BCUT2D eigenvalue weighted by Gasteiger charge is -2.25. The Labute approximate surface area is 132 Å². The molecule has 4 nitrogen and oxygen atoms in total. The Balaban J connectivity index is 1.92. The van der Waals surface area contributed by atoms with Gasteiger partial charge in [-0.2, -0.15) is 0 Å². The molecule has 0 aliphatic rings. The Morgan fingerprint density at radius 1 is 1.05 bits per heavy atom. The van der Waals surface area contributed by atoms with Crippen molar-refractivity contribution in [3.05, 3.63) is 65.7 Å². The van der Waals surface area contributed by atoms with E-state index in [2.05, 4.69) is 27.7 Å². The molecule has 2 amide bonds. The lowest BCUT2D eigenvalue weighted by atomic mass is 10.1. The van der Waals surface area contributed by atoms with E-state index in [0.717, 1.165) is 5.69 Å². The van der Waals surface area contributed by atoms with E-state index in [1.165, 1.54) is 11.1 Å². The van der Waals surface area contributed by atoms with Crippen LogP contribution in [0, 0.1) is 6.92 Å². The number of hydrogen-bond acceptors (Lipinski definition) is 2. The minimum Gasteiger partial charge on any atom is -0.336 e. The number of aryl methyl sites for hydroxylation is 1. The number of hydrogen-bond donors (Lipinski definition) is 2. The van der Waals surface area contributed by atoms with Gasteiger partial charge in [-0.05, 0) is 38.7 Å². The number of benzene rings is 2. The Kier molecular flexibility index (Phi) is 5.55. The van der Waals surface area contributed by atoms with Crippen molar-refractivity contribution in [1.82, 2.24) is 10.2 Å². The molecule has 0 aliphatic carbocycles. The third-order valence-corrected chi connectivity index (χ3v) is 3.57. The van der Waals surface area contributed by atoms with Gasteiger partial charge in [0.2, 0.25) is 0 Å². The van der Waals surface area contributed by atoms with Crippen molar-refractivity contribution in [2.75, 3.05) is 26.0 Å². The Bertz CT molecular complexity index is 593. The lowest BCUT2D eigenvalue weighted by molar-refractivity contribution is 0.243. The molecular formula is C18H23N3O. The predicted octanol–water partition coefficient (Wildman–Crippen LogP) is 3.42. The third kappa shape index (κ3) is 4.60. The number of anilines is 1. The monoisotopic (exact) mass is 297 g/mol. The summed E-state index contributed by atoms with van der Waals surface area (Å²) in [6, 6.07) is 17.9. The molecule has 0 fully saturated rings. The maximum absolute atomic E-state index is 12.0. The molecule has 0 saturated heterocycles. The first-order valence-electron chi connectivity index (χ1n) is 7.39. The molecule has 0 heterocycles. The Hall–Kier alpha value is -2.33. The van der Waals surface area contributed by atoms with Gasteiger partial charge >= 0.3 is 6.03 Å². The van der Waals surface area contributed by atoms with E-state index in [1.54, 1.807) is 0 Å². The highest BCUT2D eigenvalue weighted by Crippen LogP contribution is 2.16. The SMILES string of the molecule is Cc1ccc(NC(=O)NC[C@H](c2ccccc2)N(C)C)cc1. The first-order chi connectivity index (χ1) is 10.6. The average Bonchev–Trinajstić information content (AvgIpc) is 2.50. The molecule has 0 aromatic heterocycles. The van der Waals surface area contributed by atoms with Gasteiger partial charge in [0, 0.05) is 12.2 Å². The third-order valence-electron chi connectivity index (χ3n) is 3.57. The van der Waals surface area contributed by atoms with Crippen molar-refractivity contribution >= 4 is 11.7 Å². The Morgan fingerprint density at radius 3 is 2.27 bits per heavy atom. The quantitative estimate of drug-likeness (QED) is 0.888. The molecule has 0 aliphatic heterocycles. The van der Waals surface area contributed by atoms with Crippen LogP contribution in [0.15, 0.2) is 54.6 Å². The highest BCUT2D eigenvalue weighted by molar-refractivity contribution is 5.89. The van der Waals surface area contributed by atoms with Crippen LogP contribution < -0.4 is 10.6 Å². The van der Waals surface area contributed by atoms with Crippen molar-refractivity contribution in [3.63, 3.8) is 0 Å². The highest BCUT2D eigenvalue weighted by Gasteiger charge is 2.14. The molecule has 1 atom stereocenters. The summed E-state index contributed by atoms with van der Waals surface area (Å²) in [4.78, 5) is 14.1. The number of likely N-dealkylation sites (N-methyl/N-ethyl adjacent to an activating group) is 1. The molecule has 4 heteroatoms. The van der Waals surface area contributed by atoms with Crippen LogP contribution in [0.2, 0.25) is 0 Å². The molecule has 116 valence electrons. The van der Waals surface area contributed by atoms with Gasteiger partial charge in [0.15, 0.2) is 0 Å². The molecule has 0 unspecified atom stereocenters. The van der Waals surface area contributed by atoms with E-state index in [1.807, 2.05) is 63.5 Å². The highest BCUT2D eigenvalue weighted by atomic mass is 16.2. The smallest absolute Gasteiger partial charge is 0.319 e. The zero-order chi connectivity index (χ0) is 15.9. The second-order valence-corrected chi connectivity index (χ2v) is 5.59. The summed E-state index contributed by atoms with van der Waals surface area (Å²) in [7, 11) is 4.02. The van der Waals surface area contributed by atoms with Gasteiger partial charge in [0.05, 0.1) is 6.04 Å². The predicted molar refractivity (Wildman–Crippen MR) is 91.1 cm³/mol. The van der Waals surface area contributed by atoms with Crippen LogP contribution in [0.25, 0.3) is 0 Å². The molecule has 2 rings (SSSR count). The van der Waals surface area contributed by atoms with Gasteiger partial charge in [-0.15, -0.1) is 0 Å². The van der Waals surface area contributed by atoms with Crippen LogP contribution in [-0.2, 0) is 0 Å². The van der Waals surface area contributed by atoms with Crippen LogP contribution in [0.4, 0.5) is 10.5 Å². The van der Waals surface area contributed by atoms with E-state index < -0.39 is 0 Å². The largest absolute Gasteiger partial charge is 0.336 e. The zero-order valence-electron chi connectivity index (χ0n) is 13.3. The standard InChI is InChI=1S/C18H23N3O/c1-14-9-11-16(12-10-14)20-18(22)19-13-17(21(2)3)15-7-5-4-6-8-15/h4-12,17H,13H2,1-3H3,(H2,19,20,22)/t17-/m1/s1. The summed E-state index contributed by atoms with van der Waals surface area (Å²) < 4.78 is 0. The fourth-order valence-electron chi connectivity index (χ4n) is 2.28. The molecular weight excluding hydrogens is 274 g/mol. The van der Waals surface area contributed by atoms with Gasteiger partial charge in [-0.3, -0.25) is 0 Å². The van der Waals surface area contributed by atoms with Gasteiger partial charge in [-0.25, -0.2) is 4.79 Å². The molecule has 22 heavy (non-hydrogen) atoms. The summed E-state index contributed by atoms with van der Waals surface area (Å²) >= 11 is 0. The lowest BCUT2D eigenvalue weighted by Crippen LogP contribution is -2.36. The average molecular weight is 297 g/mol. The van der Waals surface area contributed by atoms with Crippen LogP contribution in [0.1, 0.15) is 17.2 Å². The van der Waals surface area contributed by atoms with Crippen molar-refractivity contribution in [3.8, 4) is 0 Å². The van der Waals surface area contributed by atoms with E-state index in [0.29, 0.717) is 6.54 Å². The number of carbonyl (C=O) groups excluding carboxylic acids is 1. The van der Waals surface area contributed by atoms with Crippen molar-refractivity contribution in [2.45, 2.75) is 13.0 Å². The van der Waals surface area contributed by atoms with E-state index in [9.17, 15) is 4.79 Å². The Morgan fingerprint density at radius 2 is 1.68 bits per heavy atom. The van der Waals surface area contributed by atoms with Gasteiger partial charge < -0.3 is 15.5 Å². The number of amides is 2. The van der Waals surface area contributed by atoms with Crippen LogP contribution in [0.5, 0.6) is 0 Å². The first kappa shape index (κ1) is 16.0. The summed E-state index contributed by atoms with van der Waals surface area (Å²) in [6.45, 7) is 2.57. The minimum atomic E-state index is -0.188. The second-order valence-electron chi connectivity index (χ2n) is 5.59. The normalized spacial score (nSPS) is 12.0. The summed E-state index contributed by atoms with van der Waals surface area (Å²) in [6.07, 6.45) is 0. The molecule has 2 N–H and O–H groups in total. The fraction of sp³-hybridized carbons (Fsp3) is 0.278. The number of urea groups is 1. The first-order valence-corrected chi connectivity index (χ1v) is 7.39. The second kappa shape index (κ2) is 7.61. The molecule has 0 bridgehead atoms. The van der Waals surface area contributed by atoms with Crippen LogP contribution in [0.3, 0.4) is 0 Å². The van der Waals surface area contributed by atoms with Crippen molar-refractivity contribution < 1.29 is 4.79 Å².